The minimum atomic E-state index is -0.180. The Hall–Kier alpha value is -1.80. The number of nitrogens with zero attached hydrogens (tertiary/aromatic N) is 3. The average molecular weight is 435 g/mol. The molecule has 0 spiro atoms. The Morgan fingerprint density at radius 3 is 2.69 bits per heavy atom. The van der Waals surface area contributed by atoms with Crippen LogP contribution >= 0.6 is 23.1 Å². The molecule has 1 aliphatic rings. The first-order valence-electron chi connectivity index (χ1n) is 9.89. The standard InChI is InChI=1S/C21H30N4O2S2/c1-13(2)10-22-15(26)11-25-16(27)12-29-18(14-8-7-9-28-14)17-19(21(3,4)5)23-24(6)20(17)25/h7-9,13,18H,10-12H2,1-6H3,(H,22,26). The van der Waals surface area contributed by atoms with Crippen molar-refractivity contribution in [1.29, 1.82) is 0 Å². The first kappa shape index (κ1) is 21.9. The molecule has 0 radical (unpaired) electrons. The van der Waals surface area contributed by atoms with Gasteiger partial charge in [-0.1, -0.05) is 40.7 Å². The monoisotopic (exact) mass is 434 g/mol. The van der Waals surface area contributed by atoms with Crippen LogP contribution in [0.4, 0.5) is 5.82 Å². The molecule has 2 aromatic heterocycles. The smallest absolute Gasteiger partial charge is 0.240 e. The van der Waals surface area contributed by atoms with Crippen LogP contribution in [0.25, 0.3) is 0 Å². The molecule has 3 rings (SSSR count). The maximum atomic E-state index is 13.1. The van der Waals surface area contributed by atoms with Gasteiger partial charge in [0.2, 0.25) is 11.8 Å². The zero-order valence-electron chi connectivity index (χ0n) is 18.0. The van der Waals surface area contributed by atoms with Crippen molar-refractivity contribution in [2.75, 3.05) is 23.7 Å². The Balaban J connectivity index is 2.08. The van der Waals surface area contributed by atoms with Crippen molar-refractivity contribution in [2.45, 2.75) is 45.3 Å². The van der Waals surface area contributed by atoms with E-state index in [1.54, 1.807) is 32.7 Å². The molecule has 0 saturated carbocycles. The summed E-state index contributed by atoms with van der Waals surface area (Å²) in [5.74, 6) is 1.23. The van der Waals surface area contributed by atoms with E-state index in [0.717, 1.165) is 17.1 Å². The third-order valence-electron chi connectivity index (χ3n) is 4.77. The Morgan fingerprint density at radius 1 is 1.38 bits per heavy atom. The van der Waals surface area contributed by atoms with E-state index in [1.807, 2.05) is 13.1 Å². The second-order valence-electron chi connectivity index (χ2n) is 8.84. The van der Waals surface area contributed by atoms with E-state index >= 15 is 0 Å². The highest BCUT2D eigenvalue weighted by Crippen LogP contribution is 2.48. The van der Waals surface area contributed by atoms with Crippen LogP contribution in [-0.2, 0) is 22.1 Å². The van der Waals surface area contributed by atoms with Gasteiger partial charge in [0.05, 0.1) is 16.7 Å². The Labute approximate surface area is 181 Å². The van der Waals surface area contributed by atoms with Gasteiger partial charge >= 0.3 is 0 Å². The lowest BCUT2D eigenvalue weighted by atomic mass is 9.88. The van der Waals surface area contributed by atoms with Crippen LogP contribution in [0.2, 0.25) is 0 Å². The highest BCUT2D eigenvalue weighted by Gasteiger charge is 2.39. The van der Waals surface area contributed by atoms with Crippen molar-refractivity contribution in [3.05, 3.63) is 33.6 Å². The number of aryl methyl sites for hydroxylation is 1. The van der Waals surface area contributed by atoms with E-state index in [4.69, 9.17) is 5.10 Å². The number of rotatable bonds is 5. The lowest BCUT2D eigenvalue weighted by Gasteiger charge is -2.23. The molecule has 6 nitrogen and oxygen atoms in total. The molecule has 2 aromatic rings. The van der Waals surface area contributed by atoms with Crippen LogP contribution in [0.3, 0.4) is 0 Å². The number of hydrogen-bond acceptors (Lipinski definition) is 5. The van der Waals surface area contributed by atoms with Crippen LogP contribution in [0.5, 0.6) is 0 Å². The van der Waals surface area contributed by atoms with Crippen LogP contribution in [0.1, 0.15) is 56.0 Å². The van der Waals surface area contributed by atoms with Crippen molar-refractivity contribution in [1.82, 2.24) is 15.1 Å². The summed E-state index contributed by atoms with van der Waals surface area (Å²) in [5.41, 5.74) is 1.85. The maximum absolute atomic E-state index is 13.1. The van der Waals surface area contributed by atoms with E-state index in [2.05, 4.69) is 51.4 Å². The van der Waals surface area contributed by atoms with E-state index in [1.165, 1.54) is 4.88 Å². The van der Waals surface area contributed by atoms with Gasteiger partial charge in [0.1, 0.15) is 12.4 Å². The van der Waals surface area contributed by atoms with Gasteiger partial charge in [-0.2, -0.15) is 5.10 Å². The topological polar surface area (TPSA) is 67.2 Å². The van der Waals surface area contributed by atoms with Crippen molar-refractivity contribution in [3.63, 3.8) is 0 Å². The fourth-order valence-corrected chi connectivity index (χ4v) is 5.60. The molecule has 1 unspecified atom stereocenters. The Bertz CT molecular complexity index is 881. The van der Waals surface area contributed by atoms with Gasteiger partial charge in [-0.25, -0.2) is 0 Å². The summed E-state index contributed by atoms with van der Waals surface area (Å²) in [6, 6.07) is 4.15. The third-order valence-corrected chi connectivity index (χ3v) is 7.09. The molecule has 0 saturated heterocycles. The molecule has 2 amide bonds. The molecule has 0 fully saturated rings. The third kappa shape index (κ3) is 4.69. The van der Waals surface area contributed by atoms with Crippen LogP contribution in [-0.4, -0.2) is 40.4 Å². The van der Waals surface area contributed by atoms with Gasteiger partial charge < -0.3 is 5.32 Å². The lowest BCUT2D eigenvalue weighted by Crippen LogP contribution is -2.43. The van der Waals surface area contributed by atoms with Gasteiger partial charge in [0.15, 0.2) is 0 Å². The van der Waals surface area contributed by atoms with Gasteiger partial charge in [-0.3, -0.25) is 19.2 Å². The van der Waals surface area contributed by atoms with Crippen LogP contribution in [0, 0.1) is 5.92 Å². The summed E-state index contributed by atoms with van der Waals surface area (Å²) >= 11 is 3.31. The second-order valence-corrected chi connectivity index (χ2v) is 10.9. The number of amides is 2. The predicted molar refractivity (Wildman–Crippen MR) is 121 cm³/mol. The number of anilines is 1. The van der Waals surface area contributed by atoms with Crippen LogP contribution < -0.4 is 10.2 Å². The largest absolute Gasteiger partial charge is 0.354 e. The summed E-state index contributed by atoms with van der Waals surface area (Å²) in [6.07, 6.45) is 0. The number of aromatic nitrogens is 2. The number of carbonyl (C=O) groups excluding carboxylic acids is 2. The summed E-state index contributed by atoms with van der Waals surface area (Å²) in [4.78, 5) is 28.5. The van der Waals surface area contributed by atoms with E-state index in [-0.39, 0.29) is 29.0 Å². The normalized spacial score (nSPS) is 17.4. The molecule has 29 heavy (non-hydrogen) atoms. The van der Waals surface area contributed by atoms with Gasteiger partial charge in [-0.15, -0.1) is 23.1 Å². The van der Waals surface area contributed by atoms with Crippen molar-refractivity contribution >= 4 is 40.7 Å². The fraction of sp³-hybridized carbons (Fsp3) is 0.571. The van der Waals surface area contributed by atoms with E-state index in [9.17, 15) is 9.59 Å². The summed E-state index contributed by atoms with van der Waals surface area (Å²) in [7, 11) is 1.86. The maximum Gasteiger partial charge on any atom is 0.240 e. The zero-order valence-corrected chi connectivity index (χ0v) is 19.6. The Morgan fingerprint density at radius 2 is 2.10 bits per heavy atom. The summed E-state index contributed by atoms with van der Waals surface area (Å²) < 4.78 is 1.77. The summed E-state index contributed by atoms with van der Waals surface area (Å²) in [6.45, 7) is 11.1. The molecule has 8 heteroatoms. The number of carbonyl (C=O) groups is 2. The van der Waals surface area contributed by atoms with Crippen molar-refractivity contribution in [2.24, 2.45) is 13.0 Å². The van der Waals surface area contributed by atoms with Gasteiger partial charge in [0, 0.05) is 29.4 Å². The van der Waals surface area contributed by atoms with Gasteiger partial charge in [-0.05, 0) is 17.4 Å². The molecule has 1 aliphatic heterocycles. The number of thiophene rings is 1. The number of nitrogens with one attached hydrogen (secondary N) is 1. The molecule has 158 valence electrons. The molecule has 3 heterocycles. The highest BCUT2D eigenvalue weighted by atomic mass is 32.2. The molecule has 0 bridgehead atoms. The average Bonchev–Trinajstić information content (AvgIpc) is 3.23. The van der Waals surface area contributed by atoms with Crippen molar-refractivity contribution < 1.29 is 9.59 Å². The molecular formula is C21H30N4O2S2. The number of hydrogen-bond donors (Lipinski definition) is 1. The Kier molecular flexibility index (Phi) is 6.43. The van der Waals surface area contributed by atoms with E-state index in [0.29, 0.717) is 18.2 Å². The van der Waals surface area contributed by atoms with Gasteiger partial charge in [0.25, 0.3) is 0 Å². The molecule has 1 atom stereocenters. The SMILES string of the molecule is CC(C)CNC(=O)CN1C(=O)CSC(c2cccs2)c2c(C(C)(C)C)nn(C)c21. The molecule has 0 aromatic carbocycles. The van der Waals surface area contributed by atoms with E-state index < -0.39 is 0 Å². The summed E-state index contributed by atoms with van der Waals surface area (Å²) in [5, 5.41) is 9.83. The lowest BCUT2D eigenvalue weighted by molar-refractivity contribution is -0.123. The molecule has 1 N–H and O–H groups in total. The number of fused-ring (bicyclic) bond motifs is 1. The second kappa shape index (κ2) is 8.52. The first-order valence-corrected chi connectivity index (χ1v) is 11.8. The van der Waals surface area contributed by atoms with Crippen LogP contribution in [0.15, 0.2) is 17.5 Å². The zero-order chi connectivity index (χ0) is 21.3. The minimum Gasteiger partial charge on any atom is -0.354 e. The predicted octanol–water partition coefficient (Wildman–Crippen LogP) is 3.72. The van der Waals surface area contributed by atoms with Crippen molar-refractivity contribution in [3.8, 4) is 0 Å². The molecular weight excluding hydrogens is 404 g/mol. The fourth-order valence-electron chi connectivity index (χ4n) is 3.43. The minimum absolute atomic E-state index is 0.0133. The highest BCUT2D eigenvalue weighted by molar-refractivity contribution is 8.00. The molecule has 0 aliphatic carbocycles. The first-order chi connectivity index (χ1) is 13.6. The number of thioether (sulfide) groups is 1. The quantitative estimate of drug-likeness (QED) is 0.779.